The molecule has 20 heavy (non-hydrogen) atoms. The second-order valence-corrected chi connectivity index (χ2v) is 4.03. The van der Waals surface area contributed by atoms with Crippen LogP contribution in [-0.4, -0.2) is 23.9 Å². The van der Waals surface area contributed by atoms with Crippen molar-refractivity contribution in [2.24, 2.45) is 0 Å². The summed E-state index contributed by atoms with van der Waals surface area (Å²) in [6, 6.07) is 5.59. The number of nitro benzene ring substituents is 2. The van der Waals surface area contributed by atoms with Gasteiger partial charge in [-0.1, -0.05) is 0 Å². The molecule has 0 spiro atoms. The lowest BCUT2D eigenvalue weighted by Gasteiger charge is -2.11. The number of hydrogen-bond acceptors (Lipinski definition) is 6. The third-order valence-corrected chi connectivity index (χ3v) is 3.05. The number of non-ortho nitro benzene ring substituents is 2. The minimum absolute atomic E-state index is 0.0127. The van der Waals surface area contributed by atoms with Gasteiger partial charge in [0.05, 0.1) is 9.85 Å². The molecule has 0 aromatic heterocycles. The molecule has 104 valence electrons. The quantitative estimate of drug-likeness (QED) is 0.656. The molecule has 0 radical (unpaired) electrons. The van der Waals surface area contributed by atoms with Crippen molar-refractivity contribution in [3.63, 3.8) is 0 Å². The van der Waals surface area contributed by atoms with Crippen LogP contribution in [0.4, 0.5) is 22.7 Å². The Balaban J connectivity index is 3.05. The van der Waals surface area contributed by atoms with E-state index < -0.39 is 9.85 Å². The molecular weight excluding hydrogens is 264 g/mol. The molecule has 2 aromatic carbocycles. The van der Waals surface area contributed by atoms with Crippen LogP contribution in [0, 0.1) is 20.2 Å². The van der Waals surface area contributed by atoms with Gasteiger partial charge in [-0.2, -0.15) is 0 Å². The summed E-state index contributed by atoms with van der Waals surface area (Å²) in [5.41, 5.74) is 0.586. The van der Waals surface area contributed by atoms with Crippen LogP contribution in [-0.2, 0) is 0 Å². The Morgan fingerprint density at radius 2 is 1.20 bits per heavy atom. The smallest absolute Gasteiger partial charge is 0.284 e. The summed E-state index contributed by atoms with van der Waals surface area (Å²) in [5, 5.41) is 28.5. The van der Waals surface area contributed by atoms with E-state index in [0.717, 1.165) is 0 Å². The molecule has 8 heteroatoms. The third kappa shape index (κ3) is 1.96. The van der Waals surface area contributed by atoms with Crippen LogP contribution in [0.15, 0.2) is 24.3 Å². The van der Waals surface area contributed by atoms with Crippen molar-refractivity contribution in [1.82, 2.24) is 0 Å². The molecule has 2 aromatic rings. The summed E-state index contributed by atoms with van der Waals surface area (Å²) in [6.45, 7) is 0. The fraction of sp³-hybridized carbons (Fsp3) is 0.167. The van der Waals surface area contributed by atoms with Gasteiger partial charge in [0.15, 0.2) is 0 Å². The molecule has 0 aliphatic carbocycles. The van der Waals surface area contributed by atoms with Crippen molar-refractivity contribution in [3.05, 3.63) is 44.5 Å². The fourth-order valence-electron chi connectivity index (χ4n) is 2.18. The van der Waals surface area contributed by atoms with Gasteiger partial charge in [-0.15, -0.1) is 0 Å². The summed E-state index contributed by atoms with van der Waals surface area (Å²) >= 11 is 0. The Hall–Kier alpha value is -2.90. The predicted molar refractivity (Wildman–Crippen MR) is 76.4 cm³/mol. The minimum atomic E-state index is -0.617. The first-order chi connectivity index (χ1) is 9.51. The Kier molecular flexibility index (Phi) is 3.38. The van der Waals surface area contributed by atoms with Gasteiger partial charge >= 0.3 is 0 Å². The van der Waals surface area contributed by atoms with Gasteiger partial charge in [-0.3, -0.25) is 20.2 Å². The molecule has 2 N–H and O–H groups in total. The van der Waals surface area contributed by atoms with Crippen LogP contribution in [0.25, 0.3) is 10.8 Å². The molecule has 0 heterocycles. The number of benzene rings is 2. The zero-order chi connectivity index (χ0) is 14.9. The molecular formula is C12H12N4O4. The number of anilines is 2. The van der Waals surface area contributed by atoms with Gasteiger partial charge in [-0.05, 0) is 12.1 Å². The highest BCUT2D eigenvalue weighted by atomic mass is 16.6. The minimum Gasteiger partial charge on any atom is -0.388 e. The molecule has 2 rings (SSSR count). The van der Waals surface area contributed by atoms with E-state index in [2.05, 4.69) is 10.6 Å². The number of rotatable bonds is 4. The van der Waals surface area contributed by atoms with Crippen molar-refractivity contribution >= 4 is 33.5 Å². The molecule has 0 unspecified atom stereocenters. The first-order valence-corrected chi connectivity index (χ1v) is 5.75. The summed E-state index contributed by atoms with van der Waals surface area (Å²) in [5.74, 6) is 0. The average Bonchev–Trinajstić information content (AvgIpc) is 2.44. The zero-order valence-electron chi connectivity index (χ0n) is 10.8. The molecule has 0 atom stereocenters. The summed E-state index contributed by atoms with van der Waals surface area (Å²) in [7, 11) is 3.30. The summed E-state index contributed by atoms with van der Waals surface area (Å²) in [6.07, 6.45) is 0. The lowest BCUT2D eigenvalue weighted by atomic mass is 10.0. The number of nitrogens with one attached hydrogen (secondary N) is 2. The monoisotopic (exact) mass is 276 g/mol. The first kappa shape index (κ1) is 13.5. The Labute approximate surface area is 113 Å². The molecule has 0 saturated heterocycles. The van der Waals surface area contributed by atoms with Crippen molar-refractivity contribution in [3.8, 4) is 0 Å². The molecule has 0 fully saturated rings. The summed E-state index contributed by atoms with van der Waals surface area (Å²) in [4.78, 5) is 21.0. The second-order valence-electron chi connectivity index (χ2n) is 4.03. The van der Waals surface area contributed by atoms with Crippen LogP contribution < -0.4 is 10.6 Å². The van der Waals surface area contributed by atoms with Crippen molar-refractivity contribution in [1.29, 1.82) is 0 Å². The normalized spacial score (nSPS) is 10.3. The van der Waals surface area contributed by atoms with Crippen molar-refractivity contribution in [2.75, 3.05) is 24.7 Å². The maximum absolute atomic E-state index is 11.1. The lowest BCUT2D eigenvalue weighted by molar-refractivity contribution is -0.390. The van der Waals surface area contributed by atoms with Gasteiger partial charge in [0.1, 0.15) is 5.39 Å². The number of hydrogen-bond donors (Lipinski definition) is 2. The van der Waals surface area contributed by atoms with Crippen LogP contribution in [0.5, 0.6) is 0 Å². The van der Waals surface area contributed by atoms with E-state index in [-0.39, 0.29) is 16.8 Å². The molecule has 0 saturated carbocycles. The van der Waals surface area contributed by atoms with Gasteiger partial charge in [0.2, 0.25) is 0 Å². The molecule has 0 aliphatic heterocycles. The highest BCUT2D eigenvalue weighted by molar-refractivity contribution is 6.11. The number of fused-ring (bicyclic) bond motifs is 1. The van der Waals surface area contributed by atoms with Crippen molar-refractivity contribution < 1.29 is 9.85 Å². The third-order valence-electron chi connectivity index (χ3n) is 3.05. The van der Waals surface area contributed by atoms with E-state index in [1.807, 2.05) is 0 Å². The van der Waals surface area contributed by atoms with Gasteiger partial charge < -0.3 is 10.6 Å². The molecule has 0 amide bonds. The standard InChI is InChI=1S/C12H12N4O4/c1-13-7-3-5-9(15(17)18)12-10(16(19)20)6-4-8(14-2)11(7)12/h3-6,13-14H,1-2H3. The van der Waals surface area contributed by atoms with E-state index in [1.165, 1.54) is 24.3 Å². The second kappa shape index (κ2) is 5.00. The molecule has 0 aliphatic rings. The zero-order valence-corrected chi connectivity index (χ0v) is 10.8. The van der Waals surface area contributed by atoms with E-state index >= 15 is 0 Å². The Bertz CT molecular complexity index is 657. The predicted octanol–water partition coefficient (Wildman–Crippen LogP) is 2.74. The lowest BCUT2D eigenvalue weighted by Crippen LogP contribution is -2.00. The van der Waals surface area contributed by atoms with Gasteiger partial charge in [-0.25, -0.2) is 0 Å². The Morgan fingerprint density at radius 1 is 0.800 bits per heavy atom. The maximum Gasteiger partial charge on any atom is 0.284 e. The van der Waals surface area contributed by atoms with Gasteiger partial charge in [0.25, 0.3) is 11.4 Å². The highest BCUT2D eigenvalue weighted by Gasteiger charge is 2.25. The average molecular weight is 276 g/mol. The van der Waals surface area contributed by atoms with E-state index in [0.29, 0.717) is 16.8 Å². The Morgan fingerprint density at radius 3 is 1.50 bits per heavy atom. The molecule has 8 nitrogen and oxygen atoms in total. The van der Waals surface area contributed by atoms with E-state index in [4.69, 9.17) is 0 Å². The highest BCUT2D eigenvalue weighted by Crippen LogP contribution is 2.41. The van der Waals surface area contributed by atoms with Crippen molar-refractivity contribution in [2.45, 2.75) is 0 Å². The maximum atomic E-state index is 11.1. The largest absolute Gasteiger partial charge is 0.388 e. The van der Waals surface area contributed by atoms with Crippen LogP contribution in [0.1, 0.15) is 0 Å². The number of nitrogens with zero attached hydrogens (tertiary/aromatic N) is 2. The van der Waals surface area contributed by atoms with Crippen LogP contribution in [0.2, 0.25) is 0 Å². The van der Waals surface area contributed by atoms with Crippen LogP contribution in [0.3, 0.4) is 0 Å². The topological polar surface area (TPSA) is 110 Å². The van der Waals surface area contributed by atoms with Crippen LogP contribution >= 0.6 is 0 Å². The SMILES string of the molecule is CNc1ccc([N+](=O)[O-])c2c([N+](=O)[O-])ccc(NC)c12. The number of nitro groups is 2. The fourth-order valence-corrected chi connectivity index (χ4v) is 2.18. The first-order valence-electron chi connectivity index (χ1n) is 5.75. The van der Waals surface area contributed by atoms with Gasteiger partial charge in [0, 0.05) is 43.0 Å². The van der Waals surface area contributed by atoms with E-state index in [9.17, 15) is 20.2 Å². The van der Waals surface area contributed by atoms with E-state index in [1.54, 1.807) is 14.1 Å². The summed E-state index contributed by atoms with van der Waals surface area (Å²) < 4.78 is 0. The molecule has 0 bridgehead atoms.